The Morgan fingerprint density at radius 1 is 1.09 bits per heavy atom. The first-order valence-corrected chi connectivity index (χ1v) is 13.5. The molecular weight excluding hydrogens is 450 g/mol. The van der Waals surface area contributed by atoms with Crippen LogP contribution in [0.15, 0.2) is 52.3 Å². The van der Waals surface area contributed by atoms with Gasteiger partial charge in [-0.25, -0.2) is 8.42 Å². The number of nitrogens with zero attached hydrogens (tertiary/aromatic N) is 1. The molecule has 8 heteroatoms. The molecule has 1 saturated heterocycles. The molecule has 0 aromatic heterocycles. The van der Waals surface area contributed by atoms with E-state index in [9.17, 15) is 18.0 Å². The number of hydrogen-bond donors (Lipinski definition) is 2. The van der Waals surface area contributed by atoms with Crippen LogP contribution in [-0.2, 0) is 14.6 Å². The minimum absolute atomic E-state index is 0.0428. The number of nitrogens with one attached hydrogen (secondary N) is 2. The molecular formula is C26H35N3O4S. The minimum Gasteiger partial charge on any atom is -0.352 e. The SMILES string of the molecule is CC[C@H]1CCCCN1CCCNC(=O)c1ccc(S(=O)(=O)c2ccc(C)cc2)c(NC(C)=O)c1. The molecule has 1 heterocycles. The van der Waals surface area contributed by atoms with E-state index in [0.29, 0.717) is 18.2 Å². The highest BCUT2D eigenvalue weighted by atomic mass is 32.2. The molecule has 1 aliphatic rings. The van der Waals surface area contributed by atoms with Crippen molar-refractivity contribution in [3.8, 4) is 0 Å². The third-order valence-corrected chi connectivity index (χ3v) is 8.13. The highest BCUT2D eigenvalue weighted by molar-refractivity contribution is 7.91. The van der Waals surface area contributed by atoms with E-state index < -0.39 is 15.7 Å². The highest BCUT2D eigenvalue weighted by Gasteiger charge is 2.24. The molecule has 34 heavy (non-hydrogen) atoms. The maximum atomic E-state index is 13.2. The van der Waals surface area contributed by atoms with E-state index in [2.05, 4.69) is 22.5 Å². The third kappa shape index (κ3) is 6.45. The first-order chi connectivity index (χ1) is 16.2. The van der Waals surface area contributed by atoms with Gasteiger partial charge in [0.1, 0.15) is 0 Å². The van der Waals surface area contributed by atoms with Gasteiger partial charge in [0.25, 0.3) is 5.91 Å². The Balaban J connectivity index is 1.70. The Morgan fingerprint density at radius 3 is 2.50 bits per heavy atom. The van der Waals surface area contributed by atoms with Crippen LogP contribution in [0.2, 0.25) is 0 Å². The fourth-order valence-corrected chi connectivity index (χ4v) is 5.84. The van der Waals surface area contributed by atoms with Crippen LogP contribution in [-0.4, -0.2) is 50.8 Å². The van der Waals surface area contributed by atoms with Crippen LogP contribution in [0.1, 0.15) is 61.9 Å². The number of rotatable bonds is 9. The molecule has 0 unspecified atom stereocenters. The Morgan fingerprint density at radius 2 is 1.82 bits per heavy atom. The molecule has 0 bridgehead atoms. The maximum absolute atomic E-state index is 13.2. The van der Waals surface area contributed by atoms with Gasteiger partial charge in [0.15, 0.2) is 0 Å². The van der Waals surface area contributed by atoms with E-state index in [4.69, 9.17) is 0 Å². The number of carbonyl (C=O) groups is 2. The van der Waals surface area contributed by atoms with Crippen molar-refractivity contribution in [1.82, 2.24) is 10.2 Å². The van der Waals surface area contributed by atoms with E-state index >= 15 is 0 Å². The molecule has 2 amide bonds. The summed E-state index contributed by atoms with van der Waals surface area (Å²) in [6.07, 6.45) is 5.76. The number of piperidine rings is 1. The molecule has 3 rings (SSSR count). The summed E-state index contributed by atoms with van der Waals surface area (Å²) >= 11 is 0. The standard InChI is InChI=1S/C26H35N3O4S/c1-4-22-8-5-6-16-29(22)17-7-15-27-26(31)21-11-14-25(24(18-21)28-20(3)30)34(32,33)23-12-9-19(2)10-13-23/h9-14,18,22H,4-8,15-17H2,1-3H3,(H,27,31)(H,28,30)/t22-/m0/s1. The normalized spacial score (nSPS) is 16.7. The van der Waals surface area contributed by atoms with Crippen molar-refractivity contribution < 1.29 is 18.0 Å². The minimum atomic E-state index is -3.87. The van der Waals surface area contributed by atoms with Gasteiger partial charge < -0.3 is 15.5 Å². The third-order valence-electron chi connectivity index (χ3n) is 6.30. The predicted molar refractivity (Wildman–Crippen MR) is 134 cm³/mol. The van der Waals surface area contributed by atoms with Gasteiger partial charge in [-0.3, -0.25) is 9.59 Å². The Bertz CT molecular complexity index is 1110. The lowest BCUT2D eigenvalue weighted by Crippen LogP contribution is -2.40. The number of sulfone groups is 1. The molecule has 0 spiro atoms. The zero-order chi connectivity index (χ0) is 24.7. The molecule has 7 nitrogen and oxygen atoms in total. The fourth-order valence-electron chi connectivity index (χ4n) is 4.44. The molecule has 1 aliphatic heterocycles. The van der Waals surface area contributed by atoms with Crippen molar-refractivity contribution in [1.29, 1.82) is 0 Å². The second-order valence-corrected chi connectivity index (χ2v) is 10.8. The average Bonchev–Trinajstić information content (AvgIpc) is 2.81. The molecule has 0 radical (unpaired) electrons. The van der Waals surface area contributed by atoms with Crippen LogP contribution in [0, 0.1) is 6.92 Å². The van der Waals surface area contributed by atoms with Crippen molar-refractivity contribution in [3.63, 3.8) is 0 Å². The number of aryl methyl sites for hydroxylation is 1. The number of carbonyl (C=O) groups excluding carboxylic acids is 2. The molecule has 1 atom stereocenters. The number of amides is 2. The second-order valence-electron chi connectivity index (χ2n) is 8.91. The summed E-state index contributed by atoms with van der Waals surface area (Å²) < 4.78 is 26.4. The molecule has 0 aliphatic carbocycles. The van der Waals surface area contributed by atoms with Gasteiger partial charge in [-0.1, -0.05) is 31.0 Å². The van der Waals surface area contributed by atoms with Gasteiger partial charge >= 0.3 is 0 Å². The predicted octanol–water partition coefficient (Wildman–Crippen LogP) is 4.17. The number of likely N-dealkylation sites (tertiary alicyclic amines) is 1. The average molecular weight is 486 g/mol. The van der Waals surface area contributed by atoms with E-state index in [0.717, 1.165) is 31.5 Å². The Labute approximate surface area is 202 Å². The van der Waals surface area contributed by atoms with Crippen LogP contribution < -0.4 is 10.6 Å². The zero-order valence-electron chi connectivity index (χ0n) is 20.3. The first kappa shape index (κ1) is 25.9. The summed E-state index contributed by atoms with van der Waals surface area (Å²) in [6.45, 7) is 8.00. The van der Waals surface area contributed by atoms with Crippen molar-refractivity contribution in [3.05, 3.63) is 53.6 Å². The summed E-state index contributed by atoms with van der Waals surface area (Å²) in [4.78, 5) is 27.1. The highest BCUT2D eigenvalue weighted by Crippen LogP contribution is 2.29. The molecule has 2 aromatic rings. The Hall–Kier alpha value is -2.71. The maximum Gasteiger partial charge on any atom is 0.251 e. The van der Waals surface area contributed by atoms with Crippen molar-refractivity contribution >= 4 is 27.3 Å². The van der Waals surface area contributed by atoms with Crippen molar-refractivity contribution in [2.45, 2.75) is 68.7 Å². The topological polar surface area (TPSA) is 95.6 Å². The smallest absolute Gasteiger partial charge is 0.251 e. The van der Waals surface area contributed by atoms with Gasteiger partial charge in [-0.2, -0.15) is 0 Å². The van der Waals surface area contributed by atoms with Crippen LogP contribution in [0.3, 0.4) is 0 Å². The molecule has 184 valence electrons. The van der Waals surface area contributed by atoms with Gasteiger partial charge in [-0.05, 0) is 69.5 Å². The fraction of sp³-hybridized carbons (Fsp3) is 0.462. The van der Waals surface area contributed by atoms with E-state index in [1.165, 1.54) is 56.5 Å². The quantitative estimate of drug-likeness (QED) is 0.520. The van der Waals surface area contributed by atoms with Crippen LogP contribution in [0.25, 0.3) is 0 Å². The van der Waals surface area contributed by atoms with Crippen LogP contribution >= 0.6 is 0 Å². The summed E-state index contributed by atoms with van der Waals surface area (Å²) in [5, 5.41) is 5.49. The summed E-state index contributed by atoms with van der Waals surface area (Å²) in [7, 11) is -3.87. The van der Waals surface area contributed by atoms with Gasteiger partial charge in [0, 0.05) is 31.6 Å². The summed E-state index contributed by atoms with van der Waals surface area (Å²) in [5.74, 6) is -0.707. The molecule has 1 fully saturated rings. The first-order valence-electron chi connectivity index (χ1n) is 12.0. The largest absolute Gasteiger partial charge is 0.352 e. The lowest BCUT2D eigenvalue weighted by molar-refractivity contribution is -0.114. The lowest BCUT2D eigenvalue weighted by atomic mass is 10.00. The number of hydrogen-bond acceptors (Lipinski definition) is 5. The van der Waals surface area contributed by atoms with Crippen LogP contribution in [0.5, 0.6) is 0 Å². The molecule has 0 saturated carbocycles. The summed E-state index contributed by atoms with van der Waals surface area (Å²) in [5.41, 5.74) is 1.34. The van der Waals surface area contributed by atoms with Gasteiger partial charge in [0.05, 0.1) is 15.5 Å². The zero-order valence-corrected chi connectivity index (χ0v) is 21.1. The van der Waals surface area contributed by atoms with Gasteiger partial charge in [0.2, 0.25) is 15.7 Å². The molecule has 2 N–H and O–H groups in total. The lowest BCUT2D eigenvalue weighted by Gasteiger charge is -2.35. The van der Waals surface area contributed by atoms with Crippen molar-refractivity contribution in [2.75, 3.05) is 25.0 Å². The van der Waals surface area contributed by atoms with E-state index in [-0.39, 0.29) is 21.4 Å². The van der Waals surface area contributed by atoms with Crippen LogP contribution in [0.4, 0.5) is 5.69 Å². The number of anilines is 1. The number of benzene rings is 2. The summed E-state index contributed by atoms with van der Waals surface area (Å²) in [6, 6.07) is 11.4. The van der Waals surface area contributed by atoms with Crippen molar-refractivity contribution in [2.24, 2.45) is 0 Å². The molecule has 2 aromatic carbocycles. The monoisotopic (exact) mass is 485 g/mol. The van der Waals surface area contributed by atoms with E-state index in [1.807, 2.05) is 6.92 Å². The Kier molecular flexibility index (Phi) is 8.85. The van der Waals surface area contributed by atoms with E-state index in [1.54, 1.807) is 12.1 Å². The second kappa shape index (κ2) is 11.6. The van der Waals surface area contributed by atoms with Gasteiger partial charge in [-0.15, -0.1) is 0 Å².